The summed E-state index contributed by atoms with van der Waals surface area (Å²) in [6.45, 7) is 3.98. The van der Waals surface area contributed by atoms with Gasteiger partial charge >= 0.3 is 6.18 Å². The minimum absolute atomic E-state index is 0.0891. The smallest absolute Gasteiger partial charge is 0.379 e. The van der Waals surface area contributed by atoms with E-state index in [0.29, 0.717) is 31.7 Å². The standard InChI is InChI=1S/C22H27F3N2O3S2/c23-22(24,25)21-15-20(32-30-29-26)7-6-18(21)14-17(8-9-27-10-12-28-13-11-27)16-31-19-4-2-1-3-5-19/h1-7,15,17H,8-14,16,26H2/t17-/m0/s1. The lowest BCUT2D eigenvalue weighted by atomic mass is 9.94. The summed E-state index contributed by atoms with van der Waals surface area (Å²) in [5, 5.41) is 0. The maximum atomic E-state index is 13.8. The fourth-order valence-electron chi connectivity index (χ4n) is 3.58. The average Bonchev–Trinajstić information content (AvgIpc) is 2.80. The zero-order valence-corrected chi connectivity index (χ0v) is 19.2. The Morgan fingerprint density at radius 2 is 1.81 bits per heavy atom. The second-order valence-corrected chi connectivity index (χ2v) is 9.37. The molecule has 0 aromatic heterocycles. The van der Waals surface area contributed by atoms with E-state index in [-0.39, 0.29) is 16.4 Å². The predicted octanol–water partition coefficient (Wildman–Crippen LogP) is 5.21. The number of halogens is 3. The molecular formula is C22H27F3N2O3S2. The summed E-state index contributed by atoms with van der Waals surface area (Å²) in [6.07, 6.45) is -3.30. The molecule has 1 atom stereocenters. The lowest BCUT2D eigenvalue weighted by Crippen LogP contribution is -2.37. The Bertz CT molecular complexity index is 822. The number of ether oxygens (including phenoxy) is 1. The molecule has 0 bridgehead atoms. The minimum atomic E-state index is -4.46. The number of nitrogens with two attached hydrogens (primary N) is 1. The number of hydrogen-bond donors (Lipinski definition) is 1. The van der Waals surface area contributed by atoms with Crippen LogP contribution >= 0.6 is 23.8 Å². The second kappa shape index (κ2) is 12.8. The summed E-state index contributed by atoms with van der Waals surface area (Å²) >= 11 is 2.33. The van der Waals surface area contributed by atoms with E-state index in [1.165, 1.54) is 6.07 Å². The Balaban J connectivity index is 1.73. The third-order valence-corrected chi connectivity index (χ3v) is 7.09. The van der Waals surface area contributed by atoms with Crippen LogP contribution < -0.4 is 5.90 Å². The molecule has 2 aromatic carbocycles. The molecule has 1 saturated heterocycles. The van der Waals surface area contributed by atoms with Gasteiger partial charge in [-0.1, -0.05) is 24.3 Å². The molecule has 3 rings (SSSR count). The van der Waals surface area contributed by atoms with Crippen molar-refractivity contribution in [3.05, 3.63) is 59.7 Å². The van der Waals surface area contributed by atoms with Crippen LogP contribution in [0.5, 0.6) is 0 Å². The number of morpholine rings is 1. The Hall–Kier alpha value is -1.27. The van der Waals surface area contributed by atoms with E-state index in [1.807, 2.05) is 30.3 Å². The molecule has 0 unspecified atom stereocenters. The molecule has 0 amide bonds. The van der Waals surface area contributed by atoms with Gasteiger partial charge in [0, 0.05) is 28.6 Å². The van der Waals surface area contributed by atoms with E-state index in [1.54, 1.807) is 17.8 Å². The molecule has 0 aliphatic carbocycles. The number of thioether (sulfide) groups is 1. The van der Waals surface area contributed by atoms with Gasteiger partial charge in [-0.15, -0.1) is 21.1 Å². The number of rotatable bonds is 11. The monoisotopic (exact) mass is 488 g/mol. The molecule has 1 aliphatic rings. The van der Waals surface area contributed by atoms with E-state index in [9.17, 15) is 13.2 Å². The maximum Gasteiger partial charge on any atom is 0.416 e. The summed E-state index contributed by atoms with van der Waals surface area (Å²) in [7, 11) is 0. The number of alkyl halides is 3. The number of hydrogen-bond acceptors (Lipinski definition) is 7. The molecule has 0 spiro atoms. The minimum Gasteiger partial charge on any atom is -0.379 e. The van der Waals surface area contributed by atoms with Crippen molar-refractivity contribution in [1.29, 1.82) is 0 Å². The van der Waals surface area contributed by atoms with Crippen LogP contribution in [0.3, 0.4) is 0 Å². The van der Waals surface area contributed by atoms with E-state index in [0.717, 1.165) is 42.8 Å². The average molecular weight is 489 g/mol. The molecule has 0 radical (unpaired) electrons. The Kier molecular flexibility index (Phi) is 10.2. The van der Waals surface area contributed by atoms with Crippen molar-refractivity contribution in [2.45, 2.75) is 28.8 Å². The zero-order chi connectivity index (χ0) is 22.8. The summed E-state index contributed by atoms with van der Waals surface area (Å²) in [4.78, 5) is 7.70. The Morgan fingerprint density at radius 3 is 2.50 bits per heavy atom. The molecule has 176 valence electrons. The van der Waals surface area contributed by atoms with Gasteiger partial charge in [0.05, 0.1) is 30.8 Å². The van der Waals surface area contributed by atoms with Gasteiger partial charge < -0.3 is 4.74 Å². The van der Waals surface area contributed by atoms with E-state index in [2.05, 4.69) is 14.2 Å². The van der Waals surface area contributed by atoms with Gasteiger partial charge in [-0.2, -0.15) is 19.1 Å². The van der Waals surface area contributed by atoms with E-state index < -0.39 is 11.7 Å². The van der Waals surface area contributed by atoms with Gasteiger partial charge in [0.25, 0.3) is 0 Å². The van der Waals surface area contributed by atoms with Gasteiger partial charge in [0.1, 0.15) is 0 Å². The van der Waals surface area contributed by atoms with Gasteiger partial charge in [0.15, 0.2) is 0 Å². The fourth-order valence-corrected chi connectivity index (χ4v) is 5.05. The van der Waals surface area contributed by atoms with Gasteiger partial charge in [-0.3, -0.25) is 4.90 Å². The van der Waals surface area contributed by atoms with Crippen molar-refractivity contribution in [2.24, 2.45) is 11.8 Å². The van der Waals surface area contributed by atoms with Crippen molar-refractivity contribution in [3.63, 3.8) is 0 Å². The largest absolute Gasteiger partial charge is 0.416 e. The fraction of sp³-hybridized carbons (Fsp3) is 0.455. The predicted molar refractivity (Wildman–Crippen MR) is 120 cm³/mol. The van der Waals surface area contributed by atoms with Gasteiger partial charge in [-0.25, -0.2) is 0 Å². The highest BCUT2D eigenvalue weighted by Gasteiger charge is 2.34. The Morgan fingerprint density at radius 1 is 1.06 bits per heavy atom. The van der Waals surface area contributed by atoms with Crippen LogP contribution in [-0.2, 0) is 26.7 Å². The van der Waals surface area contributed by atoms with Gasteiger partial charge in [-0.05, 0) is 55.1 Å². The van der Waals surface area contributed by atoms with Crippen LogP contribution in [-0.4, -0.2) is 43.5 Å². The van der Waals surface area contributed by atoms with Crippen LogP contribution in [0.25, 0.3) is 0 Å². The first-order valence-electron chi connectivity index (χ1n) is 10.3. The highest BCUT2D eigenvalue weighted by Crippen LogP contribution is 2.37. The first-order valence-corrected chi connectivity index (χ1v) is 12.1. The topological polar surface area (TPSA) is 57.0 Å². The van der Waals surface area contributed by atoms with Crippen molar-refractivity contribution >= 4 is 23.8 Å². The molecular weight excluding hydrogens is 461 g/mol. The van der Waals surface area contributed by atoms with Crippen LogP contribution in [0.1, 0.15) is 17.5 Å². The molecule has 10 heteroatoms. The third-order valence-electron chi connectivity index (χ3n) is 5.25. The van der Waals surface area contributed by atoms with E-state index in [4.69, 9.17) is 10.6 Å². The summed E-state index contributed by atoms with van der Waals surface area (Å²) in [5.74, 6) is 5.62. The normalized spacial score (nSPS) is 16.2. The van der Waals surface area contributed by atoms with Crippen molar-refractivity contribution in [1.82, 2.24) is 4.90 Å². The Labute approximate surface area is 194 Å². The van der Waals surface area contributed by atoms with Crippen LogP contribution in [0.2, 0.25) is 0 Å². The first-order chi connectivity index (χ1) is 15.5. The van der Waals surface area contributed by atoms with Crippen molar-refractivity contribution < 1.29 is 27.2 Å². The van der Waals surface area contributed by atoms with Crippen molar-refractivity contribution in [2.75, 3.05) is 38.6 Å². The molecule has 1 aliphatic heterocycles. The number of benzene rings is 2. The first kappa shape index (κ1) is 25.4. The highest BCUT2D eigenvalue weighted by molar-refractivity contribution is 7.99. The quantitative estimate of drug-likeness (QED) is 0.202. The van der Waals surface area contributed by atoms with E-state index >= 15 is 0 Å². The summed E-state index contributed by atoms with van der Waals surface area (Å²) < 4.78 is 51.3. The molecule has 32 heavy (non-hydrogen) atoms. The second-order valence-electron chi connectivity index (χ2n) is 7.50. The number of nitrogens with zero attached hydrogens (tertiary/aromatic N) is 1. The lowest BCUT2D eigenvalue weighted by Gasteiger charge is -2.28. The van der Waals surface area contributed by atoms with Crippen LogP contribution in [0, 0.1) is 5.92 Å². The SMILES string of the molecule is NOOSc1ccc(C[C@H](CCN2CCOCC2)CSc2ccccc2)c(C(F)(F)F)c1. The summed E-state index contributed by atoms with van der Waals surface area (Å²) in [6, 6.07) is 14.1. The van der Waals surface area contributed by atoms with Crippen LogP contribution in [0.15, 0.2) is 58.3 Å². The molecule has 1 heterocycles. The maximum absolute atomic E-state index is 13.8. The lowest BCUT2D eigenvalue weighted by molar-refractivity contribution is -0.195. The third kappa shape index (κ3) is 8.26. The molecule has 5 nitrogen and oxygen atoms in total. The molecule has 1 fully saturated rings. The van der Waals surface area contributed by atoms with Crippen molar-refractivity contribution in [3.8, 4) is 0 Å². The molecule has 2 N–H and O–H groups in total. The highest BCUT2D eigenvalue weighted by atomic mass is 32.2. The molecule has 0 saturated carbocycles. The van der Waals surface area contributed by atoms with Crippen LogP contribution in [0.4, 0.5) is 13.2 Å². The van der Waals surface area contributed by atoms with Gasteiger partial charge in [0.2, 0.25) is 0 Å². The molecule has 2 aromatic rings. The zero-order valence-electron chi connectivity index (χ0n) is 17.6. The summed E-state index contributed by atoms with van der Waals surface area (Å²) in [5.41, 5.74) is -0.361.